The molecule has 4 rings (SSSR count). The molecule has 4 aromatic rings. The molecule has 130 valence electrons. The lowest BCUT2D eigenvalue weighted by Gasteiger charge is -2.06. The zero-order valence-electron chi connectivity index (χ0n) is 14.3. The average Bonchev–Trinajstić information content (AvgIpc) is 3.12. The minimum absolute atomic E-state index is 0.592. The minimum atomic E-state index is 0.592. The van der Waals surface area contributed by atoms with E-state index in [9.17, 15) is 0 Å². The van der Waals surface area contributed by atoms with Gasteiger partial charge in [0.1, 0.15) is 17.3 Å². The van der Waals surface area contributed by atoms with Crippen LogP contribution in [-0.2, 0) is 6.42 Å². The summed E-state index contributed by atoms with van der Waals surface area (Å²) in [6.45, 7) is 0.792. The molecule has 1 N–H and O–H groups in total. The number of aromatic nitrogens is 5. The van der Waals surface area contributed by atoms with Crippen LogP contribution in [0.5, 0.6) is 5.75 Å². The van der Waals surface area contributed by atoms with Crippen LogP contribution < -0.4 is 10.1 Å². The number of ether oxygens (including phenoxy) is 1. The Morgan fingerprint density at radius 1 is 1.00 bits per heavy atom. The summed E-state index contributed by atoms with van der Waals surface area (Å²) in [5.74, 6) is 2.05. The predicted octanol–water partition coefficient (Wildman–Crippen LogP) is 2.85. The summed E-state index contributed by atoms with van der Waals surface area (Å²) < 4.78 is 6.84. The Morgan fingerprint density at radius 3 is 2.65 bits per heavy atom. The topological polar surface area (TPSA) is 77.2 Å². The lowest BCUT2D eigenvalue weighted by atomic mass is 10.1. The normalized spacial score (nSPS) is 10.8. The van der Waals surface area contributed by atoms with Crippen molar-refractivity contribution < 1.29 is 4.74 Å². The first-order valence-electron chi connectivity index (χ1n) is 8.34. The second kappa shape index (κ2) is 7.18. The summed E-state index contributed by atoms with van der Waals surface area (Å²) in [5.41, 5.74) is 2.65. The van der Waals surface area contributed by atoms with Gasteiger partial charge in [-0.25, -0.2) is 4.98 Å². The van der Waals surface area contributed by atoms with Gasteiger partial charge >= 0.3 is 0 Å². The van der Waals surface area contributed by atoms with Gasteiger partial charge in [0.25, 0.3) is 0 Å². The number of hydrogen-bond donors (Lipinski definition) is 1. The molecule has 0 aliphatic carbocycles. The predicted molar refractivity (Wildman–Crippen MR) is 99.2 cm³/mol. The van der Waals surface area contributed by atoms with Crippen LogP contribution in [-0.4, -0.2) is 38.4 Å². The van der Waals surface area contributed by atoms with Crippen LogP contribution in [0.4, 0.5) is 5.82 Å². The molecule has 0 spiro atoms. The molecule has 0 aliphatic rings. The Bertz CT molecular complexity index is 998. The van der Waals surface area contributed by atoms with Crippen LogP contribution in [0.1, 0.15) is 5.56 Å². The first-order valence-corrected chi connectivity index (χ1v) is 8.34. The third-order valence-electron chi connectivity index (χ3n) is 4.03. The van der Waals surface area contributed by atoms with Gasteiger partial charge in [-0.15, -0.1) is 15.3 Å². The summed E-state index contributed by atoms with van der Waals surface area (Å²) in [6, 6.07) is 17.8. The van der Waals surface area contributed by atoms with Crippen LogP contribution in [0, 0.1) is 0 Å². The van der Waals surface area contributed by atoms with Crippen molar-refractivity contribution in [1.29, 1.82) is 0 Å². The van der Waals surface area contributed by atoms with Crippen molar-refractivity contribution in [2.75, 3.05) is 19.0 Å². The van der Waals surface area contributed by atoms with Gasteiger partial charge in [-0.3, -0.25) is 0 Å². The number of hydrogen-bond acceptors (Lipinski definition) is 6. The molecule has 0 saturated carbocycles. The van der Waals surface area contributed by atoms with Crippen LogP contribution in [0.15, 0.2) is 60.8 Å². The number of anilines is 1. The SMILES string of the molecule is COc1ccc(-c2nnc3ccc(NCCc4ccccc4)nn23)nc1. The van der Waals surface area contributed by atoms with E-state index in [1.807, 2.05) is 42.5 Å². The maximum Gasteiger partial charge on any atom is 0.203 e. The van der Waals surface area contributed by atoms with Crippen molar-refractivity contribution in [1.82, 2.24) is 24.8 Å². The molecule has 7 nitrogen and oxygen atoms in total. The summed E-state index contributed by atoms with van der Waals surface area (Å²) >= 11 is 0. The highest BCUT2D eigenvalue weighted by Gasteiger charge is 2.11. The number of rotatable bonds is 6. The molecule has 0 saturated heterocycles. The molecule has 3 aromatic heterocycles. The van der Waals surface area contributed by atoms with E-state index in [0.717, 1.165) is 18.8 Å². The monoisotopic (exact) mass is 346 g/mol. The molecular weight excluding hydrogens is 328 g/mol. The molecule has 26 heavy (non-hydrogen) atoms. The highest BCUT2D eigenvalue weighted by molar-refractivity contribution is 5.56. The van der Waals surface area contributed by atoms with Gasteiger partial charge in [0, 0.05) is 6.54 Å². The maximum atomic E-state index is 5.14. The molecule has 0 atom stereocenters. The van der Waals surface area contributed by atoms with E-state index in [2.05, 4.69) is 37.7 Å². The van der Waals surface area contributed by atoms with E-state index in [1.54, 1.807) is 17.8 Å². The van der Waals surface area contributed by atoms with E-state index in [1.165, 1.54) is 5.56 Å². The second-order valence-corrected chi connectivity index (χ2v) is 5.76. The number of methoxy groups -OCH3 is 1. The van der Waals surface area contributed by atoms with Gasteiger partial charge in [-0.2, -0.15) is 4.52 Å². The standard InChI is InChI=1S/C19H18N6O/c1-26-15-7-8-16(21-13-15)19-23-22-18-10-9-17(24-25(18)19)20-12-11-14-5-3-2-4-6-14/h2-10,13H,11-12H2,1H3,(H,20,24). The van der Waals surface area contributed by atoms with Gasteiger partial charge in [0.2, 0.25) is 5.82 Å². The number of fused-ring (bicyclic) bond motifs is 1. The maximum absolute atomic E-state index is 5.14. The third-order valence-corrected chi connectivity index (χ3v) is 4.03. The molecule has 0 aliphatic heterocycles. The van der Waals surface area contributed by atoms with Crippen LogP contribution >= 0.6 is 0 Å². The van der Waals surface area contributed by atoms with Crippen molar-refractivity contribution in [3.05, 3.63) is 66.4 Å². The second-order valence-electron chi connectivity index (χ2n) is 5.76. The van der Waals surface area contributed by atoms with Crippen LogP contribution in [0.3, 0.4) is 0 Å². The molecule has 3 heterocycles. The third kappa shape index (κ3) is 3.32. The summed E-state index contributed by atoms with van der Waals surface area (Å²) in [6.07, 6.45) is 2.58. The van der Waals surface area contributed by atoms with Crippen molar-refractivity contribution in [3.63, 3.8) is 0 Å². The van der Waals surface area contributed by atoms with Gasteiger partial charge in [0.05, 0.1) is 13.3 Å². The van der Waals surface area contributed by atoms with E-state index in [-0.39, 0.29) is 0 Å². The summed E-state index contributed by atoms with van der Waals surface area (Å²) in [5, 5.41) is 16.3. The number of nitrogens with zero attached hydrogens (tertiary/aromatic N) is 5. The molecule has 0 radical (unpaired) electrons. The highest BCUT2D eigenvalue weighted by Crippen LogP contribution is 2.18. The number of pyridine rings is 1. The lowest BCUT2D eigenvalue weighted by molar-refractivity contribution is 0.413. The van der Waals surface area contributed by atoms with Crippen molar-refractivity contribution in [2.45, 2.75) is 6.42 Å². The fourth-order valence-electron chi connectivity index (χ4n) is 2.66. The average molecular weight is 346 g/mol. The quantitative estimate of drug-likeness (QED) is 0.578. The first kappa shape index (κ1) is 16.0. The Kier molecular flexibility index (Phi) is 4.42. The summed E-state index contributed by atoms with van der Waals surface area (Å²) in [7, 11) is 1.61. The Balaban J connectivity index is 1.54. The fourth-order valence-corrected chi connectivity index (χ4v) is 2.66. The molecule has 1 aromatic carbocycles. The van der Waals surface area contributed by atoms with Gasteiger partial charge in [-0.05, 0) is 36.2 Å². The minimum Gasteiger partial charge on any atom is -0.495 e. The fraction of sp³-hybridized carbons (Fsp3) is 0.158. The molecular formula is C19H18N6O. The Morgan fingerprint density at radius 2 is 1.88 bits per heavy atom. The zero-order chi connectivity index (χ0) is 17.8. The smallest absolute Gasteiger partial charge is 0.203 e. The Labute approximate surface area is 150 Å². The molecule has 0 fully saturated rings. The van der Waals surface area contributed by atoms with Crippen molar-refractivity contribution in [3.8, 4) is 17.3 Å². The first-order chi connectivity index (χ1) is 12.8. The molecule has 0 amide bonds. The van der Waals surface area contributed by atoms with Gasteiger partial charge in [0.15, 0.2) is 5.65 Å². The van der Waals surface area contributed by atoms with E-state index in [4.69, 9.17) is 4.74 Å². The van der Waals surface area contributed by atoms with Crippen LogP contribution in [0.25, 0.3) is 17.2 Å². The van der Waals surface area contributed by atoms with E-state index in [0.29, 0.717) is 22.9 Å². The molecule has 0 unspecified atom stereocenters. The zero-order valence-corrected chi connectivity index (χ0v) is 14.3. The molecule has 7 heteroatoms. The van der Waals surface area contributed by atoms with Gasteiger partial charge < -0.3 is 10.1 Å². The van der Waals surface area contributed by atoms with Crippen LogP contribution in [0.2, 0.25) is 0 Å². The number of benzene rings is 1. The Hall–Kier alpha value is -3.48. The lowest BCUT2D eigenvalue weighted by Crippen LogP contribution is -2.08. The number of nitrogens with one attached hydrogen (secondary N) is 1. The molecule has 0 bridgehead atoms. The summed E-state index contributed by atoms with van der Waals surface area (Å²) in [4.78, 5) is 4.36. The van der Waals surface area contributed by atoms with Gasteiger partial charge in [-0.1, -0.05) is 30.3 Å². The van der Waals surface area contributed by atoms with Crippen molar-refractivity contribution >= 4 is 11.5 Å². The van der Waals surface area contributed by atoms with E-state index < -0.39 is 0 Å². The largest absolute Gasteiger partial charge is 0.495 e. The van der Waals surface area contributed by atoms with Crippen molar-refractivity contribution in [2.24, 2.45) is 0 Å². The highest BCUT2D eigenvalue weighted by atomic mass is 16.5. The van der Waals surface area contributed by atoms with E-state index >= 15 is 0 Å².